The van der Waals surface area contributed by atoms with E-state index in [0.29, 0.717) is 6.10 Å². The summed E-state index contributed by atoms with van der Waals surface area (Å²) in [6.45, 7) is 6.01. The predicted molar refractivity (Wildman–Crippen MR) is 94.4 cm³/mol. The summed E-state index contributed by atoms with van der Waals surface area (Å²) >= 11 is 0. The van der Waals surface area contributed by atoms with Crippen LogP contribution in [0.2, 0.25) is 0 Å². The molecular weight excluding hydrogens is 321 g/mol. The third-order valence-corrected chi connectivity index (χ3v) is 4.43. The summed E-state index contributed by atoms with van der Waals surface area (Å²) in [7, 11) is 0. The van der Waals surface area contributed by atoms with Crippen molar-refractivity contribution in [3.63, 3.8) is 0 Å². The van der Waals surface area contributed by atoms with Crippen LogP contribution >= 0.6 is 24.8 Å². The molecule has 2 aliphatic rings. The van der Waals surface area contributed by atoms with E-state index in [9.17, 15) is 0 Å². The second kappa shape index (κ2) is 10.3. The smallest absolute Gasteiger partial charge is 0.213 e. The fourth-order valence-electron chi connectivity index (χ4n) is 3.23. The summed E-state index contributed by atoms with van der Waals surface area (Å²) in [4.78, 5) is 6.86. The molecule has 1 aromatic rings. The first-order valence-corrected chi connectivity index (χ1v) is 7.91. The van der Waals surface area contributed by atoms with Crippen molar-refractivity contribution >= 4 is 24.8 Å². The molecule has 0 radical (unpaired) electrons. The van der Waals surface area contributed by atoms with Gasteiger partial charge in [0, 0.05) is 31.9 Å². The highest BCUT2D eigenvalue weighted by Crippen LogP contribution is 2.20. The summed E-state index contributed by atoms with van der Waals surface area (Å²) in [6.07, 6.45) is 7.06. The highest BCUT2D eigenvalue weighted by Gasteiger charge is 2.23. The van der Waals surface area contributed by atoms with Gasteiger partial charge in [0.25, 0.3) is 0 Å². The number of halogens is 2. The van der Waals surface area contributed by atoms with E-state index in [0.717, 1.165) is 24.6 Å². The Bertz CT molecular complexity index is 394. The van der Waals surface area contributed by atoms with Gasteiger partial charge >= 0.3 is 0 Å². The molecule has 3 rings (SSSR count). The second-order valence-electron chi connectivity index (χ2n) is 5.98. The summed E-state index contributed by atoms with van der Waals surface area (Å²) < 4.78 is 5.95. The molecule has 0 spiro atoms. The highest BCUT2D eigenvalue weighted by molar-refractivity contribution is 5.85. The first-order valence-electron chi connectivity index (χ1n) is 7.91. The van der Waals surface area contributed by atoms with Crippen molar-refractivity contribution in [2.45, 2.75) is 31.8 Å². The van der Waals surface area contributed by atoms with Crippen molar-refractivity contribution in [1.82, 2.24) is 15.2 Å². The molecule has 0 aromatic carbocycles. The molecule has 0 amide bonds. The Morgan fingerprint density at radius 1 is 1.09 bits per heavy atom. The zero-order chi connectivity index (χ0) is 13.6. The normalized spacial score (nSPS) is 20.7. The van der Waals surface area contributed by atoms with E-state index in [2.05, 4.69) is 15.2 Å². The van der Waals surface area contributed by atoms with Gasteiger partial charge in [-0.2, -0.15) is 0 Å². The van der Waals surface area contributed by atoms with Crippen LogP contribution in [0, 0.1) is 5.92 Å². The van der Waals surface area contributed by atoms with Gasteiger partial charge in [-0.25, -0.2) is 4.98 Å². The molecule has 126 valence electrons. The van der Waals surface area contributed by atoms with Crippen LogP contribution in [0.4, 0.5) is 0 Å². The van der Waals surface area contributed by atoms with Gasteiger partial charge in [-0.15, -0.1) is 24.8 Å². The Morgan fingerprint density at radius 2 is 1.82 bits per heavy atom. The number of hydrogen-bond donors (Lipinski definition) is 1. The fraction of sp³-hybridized carbons (Fsp3) is 0.688. The maximum Gasteiger partial charge on any atom is 0.213 e. The van der Waals surface area contributed by atoms with Crippen molar-refractivity contribution in [3.05, 3.63) is 24.4 Å². The lowest BCUT2D eigenvalue weighted by Crippen LogP contribution is -2.42. The molecule has 2 fully saturated rings. The van der Waals surface area contributed by atoms with E-state index in [4.69, 9.17) is 4.74 Å². The molecule has 6 heteroatoms. The predicted octanol–water partition coefficient (Wildman–Crippen LogP) is 2.77. The number of hydrogen-bond acceptors (Lipinski definition) is 4. The Hall–Kier alpha value is -0.550. The van der Waals surface area contributed by atoms with Gasteiger partial charge in [-0.05, 0) is 50.8 Å². The standard InChI is InChI=1S/C16H25N3O.2ClH/c1-2-8-18-16(3-1)20-15-6-11-19(12-7-15)13-14-4-9-17-10-5-14;;/h1-3,8,14-15,17H,4-7,9-13H2;2*1H. The first kappa shape index (κ1) is 19.5. The average Bonchev–Trinajstić information content (AvgIpc) is 2.51. The first-order chi connectivity index (χ1) is 9.90. The molecular formula is C16H27Cl2N3O. The minimum atomic E-state index is 0. The Labute approximate surface area is 145 Å². The van der Waals surface area contributed by atoms with Crippen molar-refractivity contribution in [2.75, 3.05) is 32.7 Å². The third-order valence-electron chi connectivity index (χ3n) is 4.43. The molecule has 2 aliphatic heterocycles. The largest absolute Gasteiger partial charge is 0.474 e. The zero-order valence-electron chi connectivity index (χ0n) is 12.9. The minimum absolute atomic E-state index is 0. The van der Waals surface area contributed by atoms with Gasteiger partial charge in [-0.1, -0.05) is 6.07 Å². The number of likely N-dealkylation sites (tertiary alicyclic amines) is 1. The van der Waals surface area contributed by atoms with Crippen LogP contribution in [-0.2, 0) is 0 Å². The van der Waals surface area contributed by atoms with Crippen molar-refractivity contribution < 1.29 is 4.74 Å². The average molecular weight is 348 g/mol. The van der Waals surface area contributed by atoms with Gasteiger partial charge in [0.2, 0.25) is 5.88 Å². The lowest BCUT2D eigenvalue weighted by atomic mass is 9.96. The lowest BCUT2D eigenvalue weighted by molar-refractivity contribution is 0.0842. The zero-order valence-corrected chi connectivity index (χ0v) is 14.6. The van der Waals surface area contributed by atoms with Gasteiger partial charge in [0.1, 0.15) is 6.10 Å². The van der Waals surface area contributed by atoms with E-state index in [1.165, 1.54) is 45.6 Å². The van der Waals surface area contributed by atoms with Crippen LogP contribution in [0.5, 0.6) is 5.88 Å². The van der Waals surface area contributed by atoms with E-state index < -0.39 is 0 Å². The monoisotopic (exact) mass is 347 g/mol. The Kier molecular flexibility index (Phi) is 9.10. The molecule has 1 aromatic heterocycles. The summed E-state index contributed by atoms with van der Waals surface area (Å²) in [6, 6.07) is 5.85. The summed E-state index contributed by atoms with van der Waals surface area (Å²) in [5.74, 6) is 1.66. The van der Waals surface area contributed by atoms with Crippen molar-refractivity contribution in [2.24, 2.45) is 5.92 Å². The number of piperidine rings is 2. The maximum absolute atomic E-state index is 5.95. The van der Waals surface area contributed by atoms with Gasteiger partial charge in [-0.3, -0.25) is 0 Å². The van der Waals surface area contributed by atoms with E-state index in [1.807, 2.05) is 18.2 Å². The highest BCUT2D eigenvalue weighted by atomic mass is 35.5. The van der Waals surface area contributed by atoms with Crippen LogP contribution in [0.3, 0.4) is 0 Å². The number of nitrogens with one attached hydrogen (secondary N) is 1. The van der Waals surface area contributed by atoms with E-state index in [-0.39, 0.29) is 24.8 Å². The van der Waals surface area contributed by atoms with Crippen LogP contribution in [0.15, 0.2) is 24.4 Å². The molecule has 1 N–H and O–H groups in total. The molecule has 4 nitrogen and oxygen atoms in total. The van der Waals surface area contributed by atoms with Gasteiger partial charge < -0.3 is 15.0 Å². The molecule has 0 unspecified atom stereocenters. The molecule has 0 aliphatic carbocycles. The maximum atomic E-state index is 5.95. The van der Waals surface area contributed by atoms with E-state index in [1.54, 1.807) is 6.20 Å². The van der Waals surface area contributed by atoms with Crippen LogP contribution < -0.4 is 10.1 Å². The Balaban J connectivity index is 0.00000121. The summed E-state index contributed by atoms with van der Waals surface area (Å²) in [5, 5.41) is 3.44. The van der Waals surface area contributed by atoms with Gasteiger partial charge in [0.05, 0.1) is 0 Å². The quantitative estimate of drug-likeness (QED) is 0.908. The number of pyridine rings is 1. The number of rotatable bonds is 4. The number of ether oxygens (including phenoxy) is 1. The molecule has 0 saturated carbocycles. The van der Waals surface area contributed by atoms with Crippen LogP contribution in [0.25, 0.3) is 0 Å². The van der Waals surface area contributed by atoms with E-state index >= 15 is 0 Å². The minimum Gasteiger partial charge on any atom is -0.474 e. The van der Waals surface area contributed by atoms with Crippen LogP contribution in [-0.4, -0.2) is 48.7 Å². The second-order valence-corrected chi connectivity index (χ2v) is 5.98. The third kappa shape index (κ3) is 5.92. The molecule has 3 heterocycles. The molecule has 0 bridgehead atoms. The van der Waals surface area contributed by atoms with Crippen molar-refractivity contribution in [3.8, 4) is 5.88 Å². The molecule has 22 heavy (non-hydrogen) atoms. The van der Waals surface area contributed by atoms with Crippen LogP contribution in [0.1, 0.15) is 25.7 Å². The molecule has 0 atom stereocenters. The van der Waals surface area contributed by atoms with Gasteiger partial charge in [0.15, 0.2) is 0 Å². The molecule has 2 saturated heterocycles. The number of aromatic nitrogens is 1. The fourth-order valence-corrected chi connectivity index (χ4v) is 3.23. The lowest BCUT2D eigenvalue weighted by Gasteiger charge is -2.35. The Morgan fingerprint density at radius 3 is 2.45 bits per heavy atom. The SMILES string of the molecule is Cl.Cl.c1ccc(OC2CCN(CC3CCNCC3)CC2)nc1. The van der Waals surface area contributed by atoms with Crippen molar-refractivity contribution in [1.29, 1.82) is 0 Å². The topological polar surface area (TPSA) is 37.4 Å². The summed E-state index contributed by atoms with van der Waals surface area (Å²) in [5.41, 5.74) is 0. The number of nitrogens with zero attached hydrogens (tertiary/aromatic N) is 2.